The second-order valence-electron chi connectivity index (χ2n) is 13.0. The maximum Gasteiger partial charge on any atom is 0.290 e. The van der Waals surface area contributed by atoms with Crippen molar-refractivity contribution in [3.8, 4) is 16.9 Å². The van der Waals surface area contributed by atoms with Gasteiger partial charge in [0.1, 0.15) is 17.3 Å². The molecule has 47 heavy (non-hydrogen) atoms. The van der Waals surface area contributed by atoms with Crippen molar-refractivity contribution in [3.05, 3.63) is 98.3 Å². The molecule has 1 aliphatic rings. The highest BCUT2D eigenvalue weighted by atomic mass is 19.1. The molecule has 5 aromatic rings. The fourth-order valence-corrected chi connectivity index (χ4v) is 5.72. The molecule has 0 aliphatic carbocycles. The quantitative estimate of drug-likeness (QED) is 0.273. The number of nitrogens with one attached hydrogen (secondary N) is 1. The number of nitrogens with zero attached hydrogens (tertiary/aromatic N) is 8. The van der Waals surface area contributed by atoms with Crippen LogP contribution in [0.3, 0.4) is 0 Å². The van der Waals surface area contributed by atoms with Crippen LogP contribution in [0.1, 0.15) is 37.6 Å². The Morgan fingerprint density at radius 2 is 1.72 bits per heavy atom. The topological polar surface area (TPSA) is 134 Å². The maximum atomic E-state index is 15.4. The second-order valence-corrected chi connectivity index (χ2v) is 13.0. The third kappa shape index (κ3) is 6.55. The van der Waals surface area contributed by atoms with E-state index in [1.54, 1.807) is 42.7 Å². The molecule has 13 heteroatoms. The second kappa shape index (κ2) is 12.7. The zero-order valence-corrected chi connectivity index (χ0v) is 27.2. The van der Waals surface area contributed by atoms with E-state index in [0.29, 0.717) is 34.6 Å². The van der Waals surface area contributed by atoms with Crippen molar-refractivity contribution in [2.24, 2.45) is 7.05 Å². The SMILES string of the molecule is CN1CCN(Cc2cnc(Nc3cc(-c4cccc(-n5ncc6cc(C(C)(C)C)cc(F)c6c5=O)c4CO)nn(C)c3=O)cn2)CC1. The van der Waals surface area contributed by atoms with Gasteiger partial charge in [-0.3, -0.25) is 19.5 Å². The highest BCUT2D eigenvalue weighted by Gasteiger charge is 2.21. The van der Waals surface area contributed by atoms with E-state index in [9.17, 15) is 14.7 Å². The fourth-order valence-electron chi connectivity index (χ4n) is 5.72. The third-order valence-corrected chi connectivity index (χ3v) is 8.53. The van der Waals surface area contributed by atoms with Crippen LogP contribution in [0.25, 0.3) is 27.7 Å². The average molecular weight is 640 g/mol. The normalized spacial score (nSPS) is 14.5. The van der Waals surface area contributed by atoms with Crippen LogP contribution in [-0.2, 0) is 25.6 Å². The molecular formula is C34H38FN9O3. The zero-order chi connectivity index (χ0) is 33.5. The molecule has 0 unspecified atom stereocenters. The third-order valence-electron chi connectivity index (χ3n) is 8.53. The summed E-state index contributed by atoms with van der Waals surface area (Å²) in [6.07, 6.45) is 4.74. The molecule has 1 aliphatic heterocycles. The first-order valence-electron chi connectivity index (χ1n) is 15.5. The first-order valence-corrected chi connectivity index (χ1v) is 15.5. The van der Waals surface area contributed by atoms with Gasteiger partial charge in [0.25, 0.3) is 11.1 Å². The molecule has 6 rings (SSSR count). The summed E-state index contributed by atoms with van der Waals surface area (Å²) >= 11 is 0. The molecule has 244 valence electrons. The van der Waals surface area contributed by atoms with Gasteiger partial charge in [0.2, 0.25) is 0 Å². The molecule has 3 aromatic heterocycles. The maximum absolute atomic E-state index is 15.4. The van der Waals surface area contributed by atoms with Crippen LogP contribution < -0.4 is 16.4 Å². The summed E-state index contributed by atoms with van der Waals surface area (Å²) in [5, 5.41) is 22.7. The summed E-state index contributed by atoms with van der Waals surface area (Å²) in [5.41, 5.74) is 1.84. The number of hydrogen-bond donors (Lipinski definition) is 2. The largest absolute Gasteiger partial charge is 0.392 e. The lowest BCUT2D eigenvalue weighted by molar-refractivity contribution is 0.147. The van der Waals surface area contributed by atoms with Gasteiger partial charge in [-0.05, 0) is 42.3 Å². The van der Waals surface area contributed by atoms with Crippen molar-refractivity contribution in [2.45, 2.75) is 39.3 Å². The number of hydrogen-bond acceptors (Lipinski definition) is 10. The monoisotopic (exact) mass is 639 g/mol. The van der Waals surface area contributed by atoms with Crippen molar-refractivity contribution in [1.82, 2.24) is 39.3 Å². The van der Waals surface area contributed by atoms with E-state index in [0.717, 1.165) is 42.1 Å². The molecule has 0 radical (unpaired) electrons. The van der Waals surface area contributed by atoms with Gasteiger partial charge >= 0.3 is 0 Å². The molecule has 1 saturated heterocycles. The lowest BCUT2D eigenvalue weighted by Crippen LogP contribution is -2.44. The van der Waals surface area contributed by atoms with E-state index in [-0.39, 0.29) is 22.2 Å². The average Bonchev–Trinajstić information content (AvgIpc) is 3.04. The van der Waals surface area contributed by atoms with Crippen LogP contribution in [-0.4, -0.2) is 77.7 Å². The zero-order valence-electron chi connectivity index (χ0n) is 27.2. The van der Waals surface area contributed by atoms with Crippen molar-refractivity contribution >= 4 is 22.3 Å². The summed E-state index contributed by atoms with van der Waals surface area (Å²) in [6.45, 7) is 10.1. The molecule has 1 fully saturated rings. The Morgan fingerprint density at radius 1 is 0.957 bits per heavy atom. The van der Waals surface area contributed by atoms with E-state index < -0.39 is 23.5 Å². The van der Waals surface area contributed by atoms with Gasteiger partial charge in [-0.15, -0.1) is 0 Å². The lowest BCUT2D eigenvalue weighted by atomic mass is 9.86. The lowest BCUT2D eigenvalue weighted by Gasteiger charge is -2.31. The number of aryl methyl sites for hydroxylation is 1. The molecule has 2 aromatic carbocycles. The first-order chi connectivity index (χ1) is 22.4. The van der Waals surface area contributed by atoms with Gasteiger partial charge in [0.05, 0.1) is 47.7 Å². The van der Waals surface area contributed by atoms with Gasteiger partial charge in [-0.1, -0.05) is 32.9 Å². The van der Waals surface area contributed by atoms with Crippen molar-refractivity contribution < 1.29 is 9.50 Å². The Hall–Kier alpha value is -4.85. The molecule has 2 N–H and O–H groups in total. The molecule has 0 amide bonds. The van der Waals surface area contributed by atoms with Gasteiger partial charge in [0.15, 0.2) is 0 Å². The summed E-state index contributed by atoms with van der Waals surface area (Å²) < 4.78 is 17.6. The molecule has 12 nitrogen and oxygen atoms in total. The molecule has 4 heterocycles. The molecule has 0 atom stereocenters. The summed E-state index contributed by atoms with van der Waals surface area (Å²) in [7, 11) is 3.63. The Bertz CT molecular complexity index is 2060. The van der Waals surface area contributed by atoms with E-state index in [4.69, 9.17) is 0 Å². The Kier molecular flexibility index (Phi) is 8.70. The van der Waals surface area contributed by atoms with Gasteiger partial charge in [-0.25, -0.2) is 14.1 Å². The van der Waals surface area contributed by atoms with Crippen LogP contribution in [0.4, 0.5) is 15.9 Å². The van der Waals surface area contributed by atoms with Crippen LogP contribution in [0.15, 0.2) is 64.6 Å². The molecule has 0 saturated carbocycles. The Morgan fingerprint density at radius 3 is 2.40 bits per heavy atom. The number of fused-ring (bicyclic) bond motifs is 1. The van der Waals surface area contributed by atoms with Crippen molar-refractivity contribution in [1.29, 1.82) is 0 Å². The number of likely N-dealkylation sites (N-methyl/N-ethyl adjacent to an activating group) is 1. The number of aliphatic hydroxyl groups is 1. The standard InChI is InChI=1S/C34H38FN9O3/c1-34(2,3)22-13-21-16-38-44(33(47)31(21)26(35)14-22)29-8-6-7-24(25(29)20-45)27-15-28(32(46)42(5)40-27)39-30-18-36-23(17-37-30)19-43-11-9-41(4)10-12-43/h6-8,13-18,45H,9-12,19-20H2,1-5H3,(H,37,39). The molecule has 0 bridgehead atoms. The van der Waals surface area contributed by atoms with Crippen LogP contribution in [0, 0.1) is 5.82 Å². The van der Waals surface area contributed by atoms with Crippen molar-refractivity contribution in [2.75, 3.05) is 38.5 Å². The molecule has 0 spiro atoms. The van der Waals surface area contributed by atoms with Crippen LogP contribution in [0.5, 0.6) is 0 Å². The van der Waals surface area contributed by atoms with E-state index >= 15 is 4.39 Å². The van der Waals surface area contributed by atoms with E-state index in [1.165, 1.54) is 24.0 Å². The van der Waals surface area contributed by atoms with Crippen LogP contribution >= 0.6 is 0 Å². The van der Waals surface area contributed by atoms with Crippen molar-refractivity contribution in [3.63, 3.8) is 0 Å². The number of piperazine rings is 1. The number of aliphatic hydroxyl groups excluding tert-OH is 1. The minimum atomic E-state index is -0.655. The highest BCUT2D eigenvalue weighted by Crippen LogP contribution is 2.30. The van der Waals surface area contributed by atoms with Gasteiger partial charge < -0.3 is 15.3 Å². The number of aromatic nitrogens is 6. The Labute approximate surface area is 271 Å². The molecular weight excluding hydrogens is 601 g/mol. The first kappa shape index (κ1) is 32.1. The predicted molar refractivity (Wildman–Crippen MR) is 178 cm³/mol. The van der Waals surface area contributed by atoms with E-state index in [1.807, 2.05) is 20.8 Å². The van der Waals surface area contributed by atoms with E-state index in [2.05, 4.69) is 42.3 Å². The van der Waals surface area contributed by atoms with Gasteiger partial charge in [0, 0.05) is 56.3 Å². The number of halogens is 1. The summed E-state index contributed by atoms with van der Waals surface area (Å²) in [4.78, 5) is 40.3. The number of benzene rings is 2. The minimum absolute atomic E-state index is 0.0929. The summed E-state index contributed by atoms with van der Waals surface area (Å²) in [6, 6.07) is 9.75. The summed E-state index contributed by atoms with van der Waals surface area (Å²) in [5.74, 6) is -0.248. The minimum Gasteiger partial charge on any atom is -0.392 e. The smallest absolute Gasteiger partial charge is 0.290 e. The number of anilines is 2. The predicted octanol–water partition coefficient (Wildman–Crippen LogP) is 3.36. The van der Waals surface area contributed by atoms with Gasteiger partial charge in [-0.2, -0.15) is 14.9 Å². The Balaban J connectivity index is 1.33. The van der Waals surface area contributed by atoms with Crippen LogP contribution in [0.2, 0.25) is 0 Å². The highest BCUT2D eigenvalue weighted by molar-refractivity contribution is 5.83. The number of rotatable bonds is 7. The fraction of sp³-hybridized carbons (Fsp3) is 0.353.